The SMILES string of the molecule is CCCCOC(=O)c1ccc(OC(=O)COc2c(C)cc(Br)cc2C)cc1. The molecule has 5 nitrogen and oxygen atoms in total. The zero-order valence-corrected chi connectivity index (χ0v) is 17.3. The van der Waals surface area contributed by atoms with Crippen LogP contribution < -0.4 is 9.47 Å². The predicted octanol–water partition coefficient (Wildman–Crippen LogP) is 5.01. The van der Waals surface area contributed by atoms with Crippen LogP contribution in [0.4, 0.5) is 0 Å². The summed E-state index contributed by atoms with van der Waals surface area (Å²) in [6.07, 6.45) is 1.79. The molecule has 0 aromatic heterocycles. The summed E-state index contributed by atoms with van der Waals surface area (Å²) in [4.78, 5) is 23.9. The monoisotopic (exact) mass is 434 g/mol. The van der Waals surface area contributed by atoms with Gasteiger partial charge in [-0.3, -0.25) is 0 Å². The number of halogens is 1. The van der Waals surface area contributed by atoms with Crippen LogP contribution in [0.1, 0.15) is 41.3 Å². The summed E-state index contributed by atoms with van der Waals surface area (Å²) >= 11 is 3.42. The van der Waals surface area contributed by atoms with Gasteiger partial charge in [0.15, 0.2) is 6.61 Å². The number of carbonyl (C=O) groups excluding carboxylic acids is 2. The first-order valence-electron chi connectivity index (χ1n) is 8.78. The quantitative estimate of drug-likeness (QED) is 0.332. The number of esters is 2. The molecule has 0 radical (unpaired) electrons. The van der Waals surface area contributed by atoms with Crippen LogP contribution >= 0.6 is 15.9 Å². The topological polar surface area (TPSA) is 61.8 Å². The van der Waals surface area contributed by atoms with Crippen LogP contribution in [0.3, 0.4) is 0 Å². The molecule has 0 spiro atoms. The third-order valence-electron chi connectivity index (χ3n) is 3.81. The van der Waals surface area contributed by atoms with E-state index in [-0.39, 0.29) is 12.6 Å². The van der Waals surface area contributed by atoms with Gasteiger partial charge in [-0.2, -0.15) is 0 Å². The molecule has 0 bridgehead atoms. The van der Waals surface area contributed by atoms with Crippen molar-refractivity contribution in [3.05, 3.63) is 57.6 Å². The molecular formula is C21H23BrO5. The Bertz CT molecular complexity index is 776. The van der Waals surface area contributed by atoms with Crippen LogP contribution in [-0.2, 0) is 9.53 Å². The Hall–Kier alpha value is -2.34. The van der Waals surface area contributed by atoms with Crippen molar-refractivity contribution in [1.29, 1.82) is 0 Å². The maximum atomic E-state index is 12.0. The van der Waals surface area contributed by atoms with Crippen molar-refractivity contribution in [2.45, 2.75) is 33.6 Å². The van der Waals surface area contributed by atoms with Crippen molar-refractivity contribution in [3.63, 3.8) is 0 Å². The van der Waals surface area contributed by atoms with Crippen LogP contribution in [0, 0.1) is 13.8 Å². The lowest BCUT2D eigenvalue weighted by atomic mass is 10.1. The lowest BCUT2D eigenvalue weighted by Gasteiger charge is -2.12. The van der Waals surface area contributed by atoms with Crippen LogP contribution in [0.25, 0.3) is 0 Å². The Morgan fingerprint density at radius 2 is 1.67 bits per heavy atom. The average molecular weight is 435 g/mol. The Kier molecular flexibility index (Phi) is 7.85. The first kappa shape index (κ1) is 21.0. The van der Waals surface area contributed by atoms with Gasteiger partial charge in [0.05, 0.1) is 12.2 Å². The van der Waals surface area contributed by atoms with Gasteiger partial charge in [0.1, 0.15) is 11.5 Å². The molecule has 0 fully saturated rings. The summed E-state index contributed by atoms with van der Waals surface area (Å²) in [7, 11) is 0. The molecule has 0 saturated heterocycles. The normalized spacial score (nSPS) is 10.4. The van der Waals surface area contributed by atoms with Gasteiger partial charge in [-0.25, -0.2) is 9.59 Å². The van der Waals surface area contributed by atoms with Gasteiger partial charge in [-0.05, 0) is 67.8 Å². The Balaban J connectivity index is 1.88. The molecule has 0 N–H and O–H groups in total. The molecule has 2 aromatic carbocycles. The van der Waals surface area contributed by atoms with E-state index in [1.807, 2.05) is 32.9 Å². The Morgan fingerprint density at radius 1 is 1.04 bits per heavy atom. The number of hydrogen-bond donors (Lipinski definition) is 0. The zero-order valence-electron chi connectivity index (χ0n) is 15.7. The van der Waals surface area contributed by atoms with Crippen molar-refractivity contribution < 1.29 is 23.8 Å². The molecule has 0 saturated carbocycles. The van der Waals surface area contributed by atoms with Crippen LogP contribution in [0.15, 0.2) is 40.9 Å². The minimum Gasteiger partial charge on any atom is -0.481 e. The van der Waals surface area contributed by atoms with Gasteiger partial charge >= 0.3 is 11.9 Å². The van der Waals surface area contributed by atoms with E-state index < -0.39 is 5.97 Å². The Morgan fingerprint density at radius 3 is 2.26 bits per heavy atom. The second-order valence-electron chi connectivity index (χ2n) is 6.15. The summed E-state index contributed by atoms with van der Waals surface area (Å²) in [5, 5.41) is 0. The van der Waals surface area contributed by atoms with E-state index in [0.29, 0.717) is 23.7 Å². The van der Waals surface area contributed by atoms with Gasteiger partial charge in [-0.15, -0.1) is 0 Å². The maximum Gasteiger partial charge on any atom is 0.349 e. The summed E-state index contributed by atoms with van der Waals surface area (Å²) < 4.78 is 16.9. The highest BCUT2D eigenvalue weighted by Crippen LogP contribution is 2.27. The maximum absolute atomic E-state index is 12.0. The fourth-order valence-electron chi connectivity index (χ4n) is 2.47. The van der Waals surface area contributed by atoms with Crippen molar-refractivity contribution in [3.8, 4) is 11.5 Å². The molecule has 0 unspecified atom stereocenters. The van der Waals surface area contributed by atoms with E-state index in [2.05, 4.69) is 15.9 Å². The second kappa shape index (κ2) is 10.1. The number of carbonyl (C=O) groups is 2. The van der Waals surface area contributed by atoms with E-state index in [0.717, 1.165) is 28.4 Å². The first-order chi connectivity index (χ1) is 12.9. The average Bonchev–Trinajstić information content (AvgIpc) is 2.61. The minimum absolute atomic E-state index is 0.204. The molecular weight excluding hydrogens is 412 g/mol. The summed E-state index contributed by atoms with van der Waals surface area (Å²) in [6.45, 7) is 6.05. The molecule has 6 heteroatoms. The van der Waals surface area contributed by atoms with E-state index in [9.17, 15) is 9.59 Å². The standard InChI is InChI=1S/C21H23BrO5/c1-4-5-10-25-21(24)16-6-8-18(9-7-16)27-19(23)13-26-20-14(2)11-17(22)12-15(20)3/h6-9,11-12H,4-5,10,13H2,1-3H3. The molecule has 2 rings (SSSR count). The number of rotatable bonds is 8. The molecule has 2 aromatic rings. The number of aryl methyl sites for hydroxylation is 2. The highest BCUT2D eigenvalue weighted by molar-refractivity contribution is 9.10. The molecule has 0 amide bonds. The number of hydrogen-bond acceptors (Lipinski definition) is 5. The zero-order chi connectivity index (χ0) is 19.8. The highest BCUT2D eigenvalue weighted by Gasteiger charge is 2.12. The molecule has 0 heterocycles. The lowest BCUT2D eigenvalue weighted by Crippen LogP contribution is -2.18. The van der Waals surface area contributed by atoms with E-state index in [1.165, 1.54) is 0 Å². The van der Waals surface area contributed by atoms with Crippen LogP contribution in [-0.4, -0.2) is 25.2 Å². The first-order valence-corrected chi connectivity index (χ1v) is 9.57. The summed E-state index contributed by atoms with van der Waals surface area (Å²) in [5.74, 6) is 0.110. The molecule has 144 valence electrons. The smallest absolute Gasteiger partial charge is 0.349 e. The van der Waals surface area contributed by atoms with E-state index in [1.54, 1.807) is 24.3 Å². The molecule has 0 aliphatic rings. The van der Waals surface area contributed by atoms with E-state index >= 15 is 0 Å². The van der Waals surface area contributed by atoms with Crippen molar-refractivity contribution >= 4 is 27.9 Å². The highest BCUT2D eigenvalue weighted by atomic mass is 79.9. The second-order valence-corrected chi connectivity index (χ2v) is 7.06. The third-order valence-corrected chi connectivity index (χ3v) is 4.27. The number of unbranched alkanes of at least 4 members (excludes halogenated alkanes) is 1. The molecule has 27 heavy (non-hydrogen) atoms. The van der Waals surface area contributed by atoms with Crippen LogP contribution in [0.5, 0.6) is 11.5 Å². The van der Waals surface area contributed by atoms with Gasteiger partial charge in [0.25, 0.3) is 0 Å². The van der Waals surface area contributed by atoms with Gasteiger partial charge in [0.2, 0.25) is 0 Å². The lowest BCUT2D eigenvalue weighted by molar-refractivity contribution is -0.136. The number of ether oxygens (including phenoxy) is 3. The Labute approximate surface area is 167 Å². The summed E-state index contributed by atoms with van der Waals surface area (Å²) in [5.41, 5.74) is 2.28. The largest absolute Gasteiger partial charge is 0.481 e. The van der Waals surface area contributed by atoms with Crippen LogP contribution in [0.2, 0.25) is 0 Å². The fourth-order valence-corrected chi connectivity index (χ4v) is 3.16. The fraction of sp³-hybridized carbons (Fsp3) is 0.333. The van der Waals surface area contributed by atoms with Crippen molar-refractivity contribution in [1.82, 2.24) is 0 Å². The van der Waals surface area contributed by atoms with Crippen molar-refractivity contribution in [2.75, 3.05) is 13.2 Å². The third kappa shape index (κ3) is 6.40. The summed E-state index contributed by atoms with van der Waals surface area (Å²) in [6, 6.07) is 10.1. The van der Waals surface area contributed by atoms with Gasteiger partial charge in [-0.1, -0.05) is 29.3 Å². The minimum atomic E-state index is -0.519. The van der Waals surface area contributed by atoms with Gasteiger partial charge in [0, 0.05) is 4.47 Å². The van der Waals surface area contributed by atoms with Gasteiger partial charge < -0.3 is 14.2 Å². The van der Waals surface area contributed by atoms with Crippen molar-refractivity contribution in [2.24, 2.45) is 0 Å². The molecule has 0 aliphatic heterocycles. The molecule has 0 aliphatic carbocycles. The predicted molar refractivity (Wildman–Crippen MR) is 106 cm³/mol. The van der Waals surface area contributed by atoms with E-state index in [4.69, 9.17) is 14.2 Å². The molecule has 0 atom stereocenters. The number of benzene rings is 2.